The molecule has 7 nitrogen and oxygen atoms in total. The third-order valence-corrected chi connectivity index (χ3v) is 4.06. The van der Waals surface area contributed by atoms with E-state index in [9.17, 15) is 4.79 Å². The van der Waals surface area contributed by atoms with Gasteiger partial charge in [0.1, 0.15) is 0 Å². The molecule has 0 unspecified atom stereocenters. The number of anilines is 2. The number of hydrogen-bond donors (Lipinski definition) is 1. The van der Waals surface area contributed by atoms with Gasteiger partial charge in [-0.05, 0) is 38.1 Å². The van der Waals surface area contributed by atoms with Crippen molar-refractivity contribution >= 4 is 23.1 Å². The molecule has 0 spiro atoms. The van der Waals surface area contributed by atoms with Gasteiger partial charge in [0.25, 0.3) is 5.91 Å². The van der Waals surface area contributed by atoms with E-state index < -0.39 is 0 Å². The van der Waals surface area contributed by atoms with Crippen molar-refractivity contribution in [2.75, 3.05) is 16.9 Å². The quantitative estimate of drug-likeness (QED) is 0.909. The van der Waals surface area contributed by atoms with E-state index in [0.717, 1.165) is 30.1 Å². The second-order valence-corrected chi connectivity index (χ2v) is 6.01. The standard InChI is InChI=1S/C18H20N6O/c1-13-8-11-24(21-13)16-6-4-15(5-7-16)18(25)20-17-12-14(2)23(22-17)10-3-9-19/h4-7,12H,3,8,10-11H2,1-2H3,(H,20,22,25). The van der Waals surface area contributed by atoms with Crippen LogP contribution in [0, 0.1) is 18.3 Å². The molecule has 1 aliphatic heterocycles. The van der Waals surface area contributed by atoms with Crippen LogP contribution in [0.15, 0.2) is 35.4 Å². The SMILES string of the molecule is CC1=NN(c2ccc(C(=O)Nc3cc(C)n(CCC#N)n3)cc2)CC1. The predicted molar refractivity (Wildman–Crippen MR) is 96.7 cm³/mol. The highest BCUT2D eigenvalue weighted by atomic mass is 16.1. The van der Waals surface area contributed by atoms with E-state index in [2.05, 4.69) is 21.6 Å². The Morgan fingerprint density at radius 1 is 1.32 bits per heavy atom. The molecule has 1 aliphatic rings. The fraction of sp³-hybridized carbons (Fsp3) is 0.333. The van der Waals surface area contributed by atoms with Gasteiger partial charge in [0.2, 0.25) is 0 Å². The lowest BCUT2D eigenvalue weighted by molar-refractivity contribution is 0.102. The van der Waals surface area contributed by atoms with E-state index in [1.807, 2.05) is 31.0 Å². The molecule has 7 heteroatoms. The summed E-state index contributed by atoms with van der Waals surface area (Å²) in [6.45, 7) is 5.30. The van der Waals surface area contributed by atoms with Gasteiger partial charge in [0.15, 0.2) is 5.82 Å². The molecule has 1 N–H and O–H groups in total. The molecule has 1 amide bonds. The Balaban J connectivity index is 1.66. The highest BCUT2D eigenvalue weighted by molar-refractivity contribution is 6.04. The summed E-state index contributed by atoms with van der Waals surface area (Å²) < 4.78 is 1.72. The Kier molecular flexibility index (Phi) is 4.80. The molecule has 0 fully saturated rings. The zero-order valence-corrected chi connectivity index (χ0v) is 14.4. The number of amides is 1. The Bertz CT molecular complexity index is 843. The van der Waals surface area contributed by atoms with Gasteiger partial charge in [-0.2, -0.15) is 15.5 Å². The number of carbonyl (C=O) groups excluding carboxylic acids is 1. The number of nitrogens with one attached hydrogen (secondary N) is 1. The van der Waals surface area contributed by atoms with Crippen molar-refractivity contribution in [2.45, 2.75) is 33.2 Å². The molecule has 2 heterocycles. The average molecular weight is 336 g/mol. The van der Waals surface area contributed by atoms with Crippen LogP contribution >= 0.6 is 0 Å². The number of nitrogens with zero attached hydrogens (tertiary/aromatic N) is 5. The van der Waals surface area contributed by atoms with Crippen LogP contribution in [0.4, 0.5) is 11.5 Å². The maximum absolute atomic E-state index is 12.4. The molecular formula is C18H20N6O. The van der Waals surface area contributed by atoms with Crippen molar-refractivity contribution in [3.05, 3.63) is 41.6 Å². The molecule has 0 aliphatic carbocycles. The van der Waals surface area contributed by atoms with E-state index in [0.29, 0.717) is 24.3 Å². The number of carbonyl (C=O) groups is 1. The molecule has 0 saturated carbocycles. The molecule has 2 aromatic rings. The minimum absolute atomic E-state index is 0.211. The first-order valence-electron chi connectivity index (χ1n) is 8.21. The van der Waals surface area contributed by atoms with Gasteiger partial charge in [-0.25, -0.2) is 0 Å². The Morgan fingerprint density at radius 2 is 2.08 bits per heavy atom. The predicted octanol–water partition coefficient (Wildman–Crippen LogP) is 2.94. The van der Waals surface area contributed by atoms with E-state index in [1.165, 1.54) is 0 Å². The fourth-order valence-corrected chi connectivity index (χ4v) is 2.69. The van der Waals surface area contributed by atoms with Crippen molar-refractivity contribution in [3.63, 3.8) is 0 Å². The van der Waals surface area contributed by atoms with Crippen molar-refractivity contribution in [2.24, 2.45) is 5.10 Å². The Morgan fingerprint density at radius 3 is 2.72 bits per heavy atom. The normalized spacial score (nSPS) is 13.5. The molecule has 0 radical (unpaired) electrons. The smallest absolute Gasteiger partial charge is 0.256 e. The summed E-state index contributed by atoms with van der Waals surface area (Å²) in [4.78, 5) is 12.4. The zero-order chi connectivity index (χ0) is 17.8. The lowest BCUT2D eigenvalue weighted by Gasteiger charge is -2.13. The summed E-state index contributed by atoms with van der Waals surface area (Å²) in [6.07, 6.45) is 1.35. The van der Waals surface area contributed by atoms with E-state index in [4.69, 9.17) is 5.26 Å². The van der Waals surface area contributed by atoms with E-state index in [-0.39, 0.29) is 5.91 Å². The molecule has 25 heavy (non-hydrogen) atoms. The minimum atomic E-state index is -0.211. The lowest BCUT2D eigenvalue weighted by Crippen LogP contribution is -2.14. The summed E-state index contributed by atoms with van der Waals surface area (Å²) >= 11 is 0. The molecule has 0 bridgehead atoms. The molecule has 0 atom stereocenters. The summed E-state index contributed by atoms with van der Waals surface area (Å²) in [6, 6.07) is 11.2. The van der Waals surface area contributed by atoms with Gasteiger partial charge in [-0.15, -0.1) is 0 Å². The van der Waals surface area contributed by atoms with Crippen molar-refractivity contribution < 1.29 is 4.79 Å². The largest absolute Gasteiger partial charge is 0.305 e. The van der Waals surface area contributed by atoms with Gasteiger partial charge in [0, 0.05) is 36.0 Å². The van der Waals surface area contributed by atoms with Gasteiger partial charge in [-0.3, -0.25) is 14.5 Å². The molecule has 1 aromatic carbocycles. The molecule has 3 rings (SSSR count). The number of hydrazone groups is 1. The first-order chi connectivity index (χ1) is 12.1. The van der Waals surface area contributed by atoms with Crippen LogP contribution in [0.3, 0.4) is 0 Å². The lowest BCUT2D eigenvalue weighted by atomic mass is 10.2. The third-order valence-electron chi connectivity index (χ3n) is 4.06. The average Bonchev–Trinajstić information content (AvgIpc) is 3.19. The minimum Gasteiger partial charge on any atom is -0.305 e. The van der Waals surface area contributed by atoms with Crippen LogP contribution in [-0.2, 0) is 6.54 Å². The first-order valence-corrected chi connectivity index (χ1v) is 8.21. The summed E-state index contributed by atoms with van der Waals surface area (Å²) in [5.41, 5.74) is 3.56. The summed E-state index contributed by atoms with van der Waals surface area (Å²) in [5.74, 6) is 0.280. The second kappa shape index (κ2) is 7.18. The Hall–Kier alpha value is -3.14. The van der Waals surface area contributed by atoms with Crippen LogP contribution in [0.2, 0.25) is 0 Å². The number of hydrogen-bond acceptors (Lipinski definition) is 5. The zero-order valence-electron chi connectivity index (χ0n) is 14.4. The van der Waals surface area contributed by atoms with Crippen molar-refractivity contribution in [1.29, 1.82) is 5.26 Å². The van der Waals surface area contributed by atoms with Crippen LogP contribution in [-0.4, -0.2) is 27.9 Å². The first kappa shape index (κ1) is 16.7. The number of benzene rings is 1. The van der Waals surface area contributed by atoms with Gasteiger partial charge < -0.3 is 5.32 Å². The maximum atomic E-state index is 12.4. The van der Waals surface area contributed by atoms with Crippen LogP contribution < -0.4 is 10.3 Å². The summed E-state index contributed by atoms with van der Waals surface area (Å²) in [7, 11) is 0. The topological polar surface area (TPSA) is 86.3 Å². The molecule has 128 valence electrons. The van der Waals surface area contributed by atoms with Crippen LogP contribution in [0.5, 0.6) is 0 Å². The van der Waals surface area contributed by atoms with E-state index >= 15 is 0 Å². The molecule has 0 saturated heterocycles. The highest BCUT2D eigenvalue weighted by Gasteiger charge is 2.14. The van der Waals surface area contributed by atoms with E-state index in [1.54, 1.807) is 22.9 Å². The number of rotatable bonds is 5. The monoisotopic (exact) mass is 336 g/mol. The molecular weight excluding hydrogens is 316 g/mol. The Labute approximate surface area is 146 Å². The fourth-order valence-electron chi connectivity index (χ4n) is 2.69. The second-order valence-electron chi connectivity index (χ2n) is 6.01. The van der Waals surface area contributed by atoms with Gasteiger partial charge in [-0.1, -0.05) is 0 Å². The molecule has 1 aromatic heterocycles. The number of aryl methyl sites for hydroxylation is 2. The third kappa shape index (κ3) is 3.86. The number of aromatic nitrogens is 2. The highest BCUT2D eigenvalue weighted by Crippen LogP contribution is 2.20. The van der Waals surface area contributed by atoms with Crippen LogP contribution in [0.25, 0.3) is 0 Å². The van der Waals surface area contributed by atoms with Crippen molar-refractivity contribution in [3.8, 4) is 6.07 Å². The van der Waals surface area contributed by atoms with Crippen molar-refractivity contribution in [1.82, 2.24) is 9.78 Å². The number of nitriles is 1. The van der Waals surface area contributed by atoms with Gasteiger partial charge >= 0.3 is 0 Å². The van der Waals surface area contributed by atoms with Crippen LogP contribution in [0.1, 0.15) is 35.8 Å². The summed E-state index contributed by atoms with van der Waals surface area (Å²) in [5, 5.41) is 22.2. The van der Waals surface area contributed by atoms with Gasteiger partial charge in [0.05, 0.1) is 24.7 Å². The maximum Gasteiger partial charge on any atom is 0.256 e.